The predicted octanol–water partition coefficient (Wildman–Crippen LogP) is 5.45. The normalized spacial score (nSPS) is 13.8. The summed E-state index contributed by atoms with van der Waals surface area (Å²) in [4.78, 5) is 0. The molecule has 0 spiro atoms. The fourth-order valence-electron chi connectivity index (χ4n) is 1.20. The van der Waals surface area contributed by atoms with Crippen LogP contribution in [0.25, 0.3) is 0 Å². The fourth-order valence-corrected chi connectivity index (χ4v) is 1.20. The lowest BCUT2D eigenvalue weighted by molar-refractivity contribution is 0.501. The van der Waals surface area contributed by atoms with Crippen molar-refractivity contribution in [3.63, 3.8) is 0 Å². The maximum absolute atomic E-state index is 3.92. The monoisotopic (exact) mass is 218 g/mol. The van der Waals surface area contributed by atoms with Gasteiger partial charge in [0.05, 0.1) is 0 Å². The van der Waals surface area contributed by atoms with Crippen LogP contribution in [0, 0.1) is 5.41 Å². The number of rotatable bonds is 5. The lowest BCUT2D eigenvalue weighted by Crippen LogP contribution is -2.06. The van der Waals surface area contributed by atoms with E-state index in [-0.39, 0.29) is 0 Å². The first kappa shape index (κ1) is 15.0. The van der Waals surface area contributed by atoms with Gasteiger partial charge in [-0.25, -0.2) is 0 Å². The van der Waals surface area contributed by atoms with Crippen molar-refractivity contribution in [2.75, 3.05) is 0 Å². The van der Waals surface area contributed by atoms with Gasteiger partial charge in [0.2, 0.25) is 0 Å². The molecular formula is C16H26. The molecule has 0 unspecified atom stereocenters. The van der Waals surface area contributed by atoms with Gasteiger partial charge in [0.1, 0.15) is 0 Å². The molecule has 0 nitrogen and oxygen atoms in total. The van der Waals surface area contributed by atoms with Crippen molar-refractivity contribution < 1.29 is 0 Å². The number of allylic oxidation sites excluding steroid dienone is 6. The van der Waals surface area contributed by atoms with Crippen LogP contribution in [-0.4, -0.2) is 0 Å². The summed E-state index contributed by atoms with van der Waals surface area (Å²) in [5, 5.41) is 0. The Morgan fingerprint density at radius 3 is 2.00 bits per heavy atom. The van der Waals surface area contributed by atoms with E-state index in [0.29, 0.717) is 5.41 Å². The van der Waals surface area contributed by atoms with E-state index < -0.39 is 0 Å². The van der Waals surface area contributed by atoms with Crippen LogP contribution in [0.5, 0.6) is 0 Å². The van der Waals surface area contributed by atoms with Crippen LogP contribution in [0.1, 0.15) is 47.5 Å². The van der Waals surface area contributed by atoms with E-state index in [0.717, 1.165) is 18.4 Å². The summed E-state index contributed by atoms with van der Waals surface area (Å²) in [6.07, 6.45) is 8.55. The summed E-state index contributed by atoms with van der Waals surface area (Å²) in [5.41, 5.74) is 4.01. The zero-order valence-corrected chi connectivity index (χ0v) is 11.6. The second-order valence-corrected chi connectivity index (χ2v) is 5.33. The van der Waals surface area contributed by atoms with Crippen molar-refractivity contribution in [1.82, 2.24) is 0 Å². The molecule has 0 rings (SSSR count). The molecule has 90 valence electrons. The predicted molar refractivity (Wildman–Crippen MR) is 75.5 cm³/mol. The molecule has 0 aromatic heterocycles. The molecule has 0 saturated carbocycles. The Kier molecular flexibility index (Phi) is 6.10. The van der Waals surface area contributed by atoms with Crippen LogP contribution < -0.4 is 0 Å². The second kappa shape index (κ2) is 6.52. The van der Waals surface area contributed by atoms with Crippen molar-refractivity contribution in [3.8, 4) is 0 Å². The molecule has 0 aliphatic carbocycles. The van der Waals surface area contributed by atoms with Crippen LogP contribution in [0.4, 0.5) is 0 Å². The maximum atomic E-state index is 3.92. The first-order valence-corrected chi connectivity index (χ1v) is 5.94. The molecule has 0 heterocycles. The van der Waals surface area contributed by atoms with Crippen molar-refractivity contribution in [1.29, 1.82) is 0 Å². The summed E-state index contributed by atoms with van der Waals surface area (Å²) in [5.74, 6) is 0. The van der Waals surface area contributed by atoms with E-state index in [1.807, 2.05) is 6.08 Å². The Morgan fingerprint density at radius 2 is 1.56 bits per heavy atom. The molecule has 0 amide bonds. The zero-order valence-electron chi connectivity index (χ0n) is 11.6. The molecule has 0 fully saturated rings. The first-order chi connectivity index (χ1) is 7.29. The highest BCUT2D eigenvalue weighted by Gasteiger charge is 2.11. The van der Waals surface area contributed by atoms with Gasteiger partial charge in [-0.2, -0.15) is 0 Å². The molecule has 0 aliphatic rings. The lowest BCUT2D eigenvalue weighted by Gasteiger charge is -2.19. The Balaban J connectivity index is 4.20. The third-order valence-corrected chi connectivity index (χ3v) is 3.00. The molecule has 0 aromatic rings. The highest BCUT2D eigenvalue weighted by atomic mass is 14.2. The summed E-state index contributed by atoms with van der Waals surface area (Å²) < 4.78 is 0. The average molecular weight is 218 g/mol. The maximum Gasteiger partial charge on any atom is -0.0176 e. The molecule has 0 saturated heterocycles. The minimum absolute atomic E-state index is 0.295. The number of hydrogen-bond donors (Lipinski definition) is 0. The molecule has 0 aromatic carbocycles. The van der Waals surface area contributed by atoms with E-state index in [2.05, 4.69) is 59.9 Å². The van der Waals surface area contributed by atoms with Crippen molar-refractivity contribution in [2.24, 2.45) is 5.41 Å². The topological polar surface area (TPSA) is 0 Å². The van der Waals surface area contributed by atoms with Crippen LogP contribution in [0.3, 0.4) is 0 Å². The van der Waals surface area contributed by atoms with E-state index in [1.165, 1.54) is 11.1 Å². The van der Waals surface area contributed by atoms with Gasteiger partial charge >= 0.3 is 0 Å². The molecule has 0 heteroatoms. The van der Waals surface area contributed by atoms with Gasteiger partial charge in [0.25, 0.3) is 0 Å². The molecule has 0 atom stereocenters. The molecule has 0 aliphatic heterocycles. The summed E-state index contributed by atoms with van der Waals surface area (Å²) in [6, 6.07) is 0. The van der Waals surface area contributed by atoms with Gasteiger partial charge in [-0.15, -0.1) is 0 Å². The Hall–Kier alpha value is -1.04. The smallest absolute Gasteiger partial charge is 0.0176 e. The standard InChI is InChI=1S/C16H26/c1-8-13(2)14(3)11-9-10-12-15(4)16(5,6)7/h8,11-12H,1-2,9-10H2,3-7H3/b14-11+,15-12+. The quantitative estimate of drug-likeness (QED) is 0.327. The second-order valence-electron chi connectivity index (χ2n) is 5.33. The largest absolute Gasteiger partial charge is 0.0985 e. The van der Waals surface area contributed by atoms with Crippen molar-refractivity contribution >= 4 is 0 Å². The lowest BCUT2D eigenvalue weighted by atomic mass is 9.87. The van der Waals surface area contributed by atoms with Gasteiger partial charge < -0.3 is 0 Å². The zero-order chi connectivity index (χ0) is 12.8. The van der Waals surface area contributed by atoms with Gasteiger partial charge in [0.15, 0.2) is 0 Å². The van der Waals surface area contributed by atoms with Crippen LogP contribution in [-0.2, 0) is 0 Å². The van der Waals surface area contributed by atoms with E-state index in [4.69, 9.17) is 0 Å². The first-order valence-electron chi connectivity index (χ1n) is 5.94. The third-order valence-electron chi connectivity index (χ3n) is 3.00. The molecule has 0 bridgehead atoms. The molecule has 0 radical (unpaired) electrons. The van der Waals surface area contributed by atoms with E-state index in [1.54, 1.807) is 0 Å². The number of unbranched alkanes of at least 4 members (excludes halogenated alkanes) is 1. The van der Waals surface area contributed by atoms with Crippen LogP contribution in [0.2, 0.25) is 0 Å². The molecule has 0 N–H and O–H groups in total. The SMILES string of the molecule is C=CC(=C)/C(C)=C/CC/C=C(\C)C(C)(C)C. The van der Waals surface area contributed by atoms with Gasteiger partial charge in [-0.3, -0.25) is 0 Å². The fraction of sp³-hybridized carbons (Fsp3) is 0.500. The summed E-state index contributed by atoms with van der Waals surface area (Å²) in [6.45, 7) is 18.7. The molecule has 16 heavy (non-hydrogen) atoms. The van der Waals surface area contributed by atoms with Crippen molar-refractivity contribution in [2.45, 2.75) is 47.5 Å². The average Bonchev–Trinajstić information content (AvgIpc) is 2.20. The Bertz CT molecular complexity index is 305. The summed E-state index contributed by atoms with van der Waals surface area (Å²) >= 11 is 0. The number of hydrogen-bond acceptors (Lipinski definition) is 0. The molecular weight excluding hydrogens is 192 g/mol. The van der Waals surface area contributed by atoms with E-state index >= 15 is 0 Å². The highest BCUT2D eigenvalue weighted by molar-refractivity contribution is 5.34. The van der Waals surface area contributed by atoms with Gasteiger partial charge in [-0.05, 0) is 43.3 Å². The van der Waals surface area contributed by atoms with E-state index in [9.17, 15) is 0 Å². The Labute approximate surface area is 101 Å². The third kappa shape index (κ3) is 5.75. The Morgan fingerprint density at radius 1 is 1.06 bits per heavy atom. The van der Waals surface area contributed by atoms with Crippen LogP contribution in [0.15, 0.2) is 48.1 Å². The highest BCUT2D eigenvalue weighted by Crippen LogP contribution is 2.24. The van der Waals surface area contributed by atoms with Crippen LogP contribution >= 0.6 is 0 Å². The van der Waals surface area contributed by atoms with Gasteiger partial charge in [-0.1, -0.05) is 57.7 Å². The minimum atomic E-state index is 0.295. The van der Waals surface area contributed by atoms with Gasteiger partial charge in [0, 0.05) is 0 Å². The minimum Gasteiger partial charge on any atom is -0.0985 e. The van der Waals surface area contributed by atoms with Crippen molar-refractivity contribution in [3.05, 3.63) is 48.1 Å². The summed E-state index contributed by atoms with van der Waals surface area (Å²) in [7, 11) is 0.